The van der Waals surface area contributed by atoms with Crippen molar-refractivity contribution in [3.05, 3.63) is 0 Å². The molecule has 1 saturated heterocycles. The minimum Gasteiger partial charge on any atom is -0.332 e. The molecule has 1 heterocycles. The first-order valence-electron chi connectivity index (χ1n) is 5.29. The van der Waals surface area contributed by atoms with Crippen LogP contribution >= 0.6 is 0 Å². The lowest BCUT2D eigenvalue weighted by Gasteiger charge is -2.45. The van der Waals surface area contributed by atoms with Crippen LogP contribution in [0.3, 0.4) is 0 Å². The maximum atomic E-state index is 11.8. The van der Waals surface area contributed by atoms with E-state index in [1.54, 1.807) is 0 Å². The Balaban J connectivity index is 2.25. The molecule has 1 saturated carbocycles. The molecule has 2 heteroatoms. The van der Waals surface area contributed by atoms with E-state index < -0.39 is 0 Å². The number of rotatable bonds is 0. The monoisotopic (exact) mass is 181 g/mol. The molecule has 2 aliphatic rings. The summed E-state index contributed by atoms with van der Waals surface area (Å²) in [5.74, 6) is 0.372. The maximum Gasteiger partial charge on any atom is 0.223 e. The van der Waals surface area contributed by atoms with Crippen molar-refractivity contribution in [2.75, 3.05) is 0 Å². The van der Waals surface area contributed by atoms with Crippen molar-refractivity contribution in [1.29, 1.82) is 0 Å². The number of piperidine rings is 1. The van der Waals surface area contributed by atoms with Gasteiger partial charge in [0.05, 0.1) is 0 Å². The van der Waals surface area contributed by atoms with E-state index in [4.69, 9.17) is 0 Å². The highest BCUT2D eigenvalue weighted by atomic mass is 16.2. The van der Waals surface area contributed by atoms with Crippen LogP contribution in [0.2, 0.25) is 0 Å². The van der Waals surface area contributed by atoms with Crippen LogP contribution in [0.1, 0.15) is 52.9 Å². The van der Waals surface area contributed by atoms with Gasteiger partial charge in [-0.3, -0.25) is 4.79 Å². The minimum atomic E-state index is 0.0218. The third kappa shape index (κ3) is 1.36. The largest absolute Gasteiger partial charge is 0.332 e. The molecule has 0 atom stereocenters. The summed E-state index contributed by atoms with van der Waals surface area (Å²) in [5.41, 5.74) is 0.307. The van der Waals surface area contributed by atoms with Crippen LogP contribution in [0.4, 0.5) is 0 Å². The fraction of sp³-hybridized carbons (Fsp3) is 0.909. The number of likely N-dealkylation sites (tertiary alicyclic amines) is 1. The predicted octanol–water partition coefficient (Wildman–Crippen LogP) is 2.33. The van der Waals surface area contributed by atoms with E-state index in [1.165, 1.54) is 19.3 Å². The van der Waals surface area contributed by atoms with Crippen molar-refractivity contribution in [2.45, 2.75) is 64.0 Å². The van der Waals surface area contributed by atoms with E-state index in [2.05, 4.69) is 25.7 Å². The van der Waals surface area contributed by atoms with Gasteiger partial charge in [-0.2, -0.15) is 0 Å². The van der Waals surface area contributed by atoms with Gasteiger partial charge in [0.1, 0.15) is 0 Å². The highest BCUT2D eigenvalue weighted by Gasteiger charge is 2.54. The van der Waals surface area contributed by atoms with Gasteiger partial charge in [-0.25, -0.2) is 0 Å². The molecule has 0 radical (unpaired) electrons. The average molecular weight is 181 g/mol. The number of carbonyl (C=O) groups is 1. The lowest BCUT2D eigenvalue weighted by molar-refractivity contribution is -0.144. The normalized spacial score (nSPS) is 26.7. The van der Waals surface area contributed by atoms with Crippen molar-refractivity contribution in [3.63, 3.8) is 0 Å². The summed E-state index contributed by atoms with van der Waals surface area (Å²) in [5, 5.41) is 0. The smallest absolute Gasteiger partial charge is 0.223 e. The molecule has 2 fully saturated rings. The Morgan fingerprint density at radius 1 is 1.23 bits per heavy atom. The van der Waals surface area contributed by atoms with E-state index in [0.29, 0.717) is 5.91 Å². The standard InChI is InChI=1S/C11H19NO/c1-10(2,3)12-9(13)5-4-6-11(12)7-8-11/h4-8H2,1-3H3. The van der Waals surface area contributed by atoms with E-state index in [0.717, 1.165) is 12.8 Å². The number of nitrogens with zero attached hydrogens (tertiary/aromatic N) is 1. The van der Waals surface area contributed by atoms with Crippen LogP contribution in [0, 0.1) is 0 Å². The second-order valence-corrected chi connectivity index (χ2v) is 5.48. The van der Waals surface area contributed by atoms with Crippen molar-refractivity contribution in [1.82, 2.24) is 4.90 Å². The minimum absolute atomic E-state index is 0.0218. The van der Waals surface area contributed by atoms with Crippen LogP contribution in [0.15, 0.2) is 0 Å². The van der Waals surface area contributed by atoms with Crippen molar-refractivity contribution < 1.29 is 4.79 Å². The molecule has 2 nitrogen and oxygen atoms in total. The van der Waals surface area contributed by atoms with Gasteiger partial charge < -0.3 is 4.90 Å². The molecule has 1 aliphatic heterocycles. The van der Waals surface area contributed by atoms with Crippen LogP contribution < -0.4 is 0 Å². The molecule has 1 spiro atoms. The molecule has 0 bridgehead atoms. The Bertz CT molecular complexity index is 235. The molecule has 13 heavy (non-hydrogen) atoms. The maximum absolute atomic E-state index is 11.8. The first-order chi connectivity index (χ1) is 5.96. The fourth-order valence-electron chi connectivity index (χ4n) is 2.76. The lowest BCUT2D eigenvalue weighted by atomic mass is 9.92. The Labute approximate surface area is 80.3 Å². The quantitative estimate of drug-likeness (QED) is 0.561. The molecule has 0 aromatic heterocycles. The molecular formula is C11H19NO. The Kier molecular flexibility index (Phi) is 1.73. The fourth-order valence-corrected chi connectivity index (χ4v) is 2.76. The third-order valence-electron chi connectivity index (χ3n) is 3.25. The van der Waals surface area contributed by atoms with Gasteiger partial charge >= 0.3 is 0 Å². The summed E-state index contributed by atoms with van der Waals surface area (Å²) in [7, 11) is 0. The van der Waals surface area contributed by atoms with Crippen LogP contribution in [0.25, 0.3) is 0 Å². The van der Waals surface area contributed by atoms with E-state index in [-0.39, 0.29) is 11.1 Å². The van der Waals surface area contributed by atoms with E-state index in [1.807, 2.05) is 0 Å². The third-order valence-corrected chi connectivity index (χ3v) is 3.25. The topological polar surface area (TPSA) is 20.3 Å². The number of hydrogen-bond donors (Lipinski definition) is 0. The van der Waals surface area contributed by atoms with Gasteiger partial charge in [-0.05, 0) is 46.5 Å². The molecular weight excluding hydrogens is 162 g/mol. The Morgan fingerprint density at radius 3 is 2.23 bits per heavy atom. The van der Waals surface area contributed by atoms with Gasteiger partial charge in [0.25, 0.3) is 0 Å². The SMILES string of the molecule is CC(C)(C)N1C(=O)CCCC12CC2. The number of hydrogen-bond acceptors (Lipinski definition) is 1. The average Bonchev–Trinajstić information content (AvgIpc) is 2.66. The molecule has 0 unspecified atom stereocenters. The second-order valence-electron chi connectivity index (χ2n) is 5.48. The zero-order chi connectivity index (χ0) is 9.69. The lowest BCUT2D eigenvalue weighted by Crippen LogP contribution is -2.55. The molecule has 0 aromatic carbocycles. The second kappa shape index (κ2) is 2.49. The molecule has 0 N–H and O–H groups in total. The number of carbonyl (C=O) groups excluding carboxylic acids is 1. The Hall–Kier alpha value is -0.530. The summed E-state index contributed by atoms with van der Waals surface area (Å²) < 4.78 is 0. The Morgan fingerprint density at radius 2 is 1.85 bits per heavy atom. The van der Waals surface area contributed by atoms with Crippen LogP contribution in [-0.2, 0) is 4.79 Å². The first kappa shape index (κ1) is 9.04. The highest BCUT2D eigenvalue weighted by Crippen LogP contribution is 2.51. The first-order valence-corrected chi connectivity index (χ1v) is 5.29. The molecule has 74 valence electrons. The zero-order valence-electron chi connectivity index (χ0n) is 8.89. The molecule has 1 aliphatic carbocycles. The summed E-state index contributed by atoms with van der Waals surface area (Å²) in [6, 6.07) is 0. The molecule has 0 aromatic rings. The molecule has 2 rings (SSSR count). The van der Waals surface area contributed by atoms with Crippen molar-refractivity contribution >= 4 is 5.91 Å². The predicted molar refractivity (Wildman–Crippen MR) is 52.4 cm³/mol. The van der Waals surface area contributed by atoms with Gasteiger partial charge in [0.2, 0.25) is 5.91 Å². The van der Waals surface area contributed by atoms with Crippen molar-refractivity contribution in [3.8, 4) is 0 Å². The van der Waals surface area contributed by atoms with E-state index >= 15 is 0 Å². The summed E-state index contributed by atoms with van der Waals surface area (Å²) in [4.78, 5) is 14.0. The number of amides is 1. The molecule has 1 amide bonds. The van der Waals surface area contributed by atoms with Crippen molar-refractivity contribution in [2.24, 2.45) is 0 Å². The zero-order valence-corrected chi connectivity index (χ0v) is 8.89. The summed E-state index contributed by atoms with van der Waals surface area (Å²) >= 11 is 0. The summed E-state index contributed by atoms with van der Waals surface area (Å²) in [6.45, 7) is 6.45. The van der Waals surface area contributed by atoms with Gasteiger partial charge in [0, 0.05) is 17.5 Å². The van der Waals surface area contributed by atoms with E-state index in [9.17, 15) is 4.79 Å². The van der Waals surface area contributed by atoms with Gasteiger partial charge in [0.15, 0.2) is 0 Å². The van der Waals surface area contributed by atoms with Crippen LogP contribution in [-0.4, -0.2) is 21.9 Å². The van der Waals surface area contributed by atoms with Gasteiger partial charge in [-0.15, -0.1) is 0 Å². The van der Waals surface area contributed by atoms with Gasteiger partial charge in [-0.1, -0.05) is 0 Å². The van der Waals surface area contributed by atoms with Crippen LogP contribution in [0.5, 0.6) is 0 Å². The summed E-state index contributed by atoms with van der Waals surface area (Å²) in [6.07, 6.45) is 5.56. The highest BCUT2D eigenvalue weighted by molar-refractivity contribution is 5.79.